The molecule has 0 fully saturated rings. The van der Waals surface area contributed by atoms with Gasteiger partial charge >= 0.3 is 0 Å². The van der Waals surface area contributed by atoms with Gasteiger partial charge in [0, 0.05) is 35.8 Å². The number of halogens is 1. The maximum atomic E-state index is 12.6. The van der Waals surface area contributed by atoms with Gasteiger partial charge in [0.2, 0.25) is 11.8 Å². The van der Waals surface area contributed by atoms with Crippen molar-refractivity contribution in [2.75, 3.05) is 22.5 Å². The standard InChI is InChI=1S/C20H21ClN2O4S/c1-2-20(25)23-10-8-14-12-17(6-7-18(14)23)28(26,27)11-9-19(24)22-16-5-3-4-15(21)13-16/h3-7,12-13H,2,8-11H2,1H3,(H,22,24). The number of fused-ring (bicyclic) bond motifs is 1. The Hall–Kier alpha value is -2.38. The topological polar surface area (TPSA) is 83.6 Å². The molecule has 2 aromatic rings. The Morgan fingerprint density at radius 3 is 2.68 bits per heavy atom. The zero-order valence-electron chi connectivity index (χ0n) is 15.4. The van der Waals surface area contributed by atoms with Crippen LogP contribution in [-0.4, -0.2) is 32.5 Å². The predicted molar refractivity (Wildman–Crippen MR) is 110 cm³/mol. The van der Waals surface area contributed by atoms with E-state index < -0.39 is 15.7 Å². The average Bonchev–Trinajstić information content (AvgIpc) is 3.09. The summed E-state index contributed by atoms with van der Waals surface area (Å²) in [6.45, 7) is 2.36. The van der Waals surface area contributed by atoms with Crippen LogP contribution in [0.5, 0.6) is 0 Å². The number of anilines is 2. The fourth-order valence-corrected chi connectivity index (χ4v) is 4.63. The third-order valence-corrected chi connectivity index (χ3v) is 6.56. The minimum atomic E-state index is -3.61. The van der Waals surface area contributed by atoms with Crippen molar-refractivity contribution in [2.45, 2.75) is 31.1 Å². The normalized spacial score (nSPS) is 13.3. The highest BCUT2D eigenvalue weighted by Gasteiger charge is 2.26. The van der Waals surface area contributed by atoms with Gasteiger partial charge in [-0.15, -0.1) is 0 Å². The number of benzene rings is 2. The molecule has 28 heavy (non-hydrogen) atoms. The lowest BCUT2D eigenvalue weighted by Gasteiger charge is -2.16. The number of nitrogens with one attached hydrogen (secondary N) is 1. The molecule has 1 aliphatic rings. The van der Waals surface area contributed by atoms with Crippen LogP contribution in [0.25, 0.3) is 0 Å². The molecule has 148 valence electrons. The number of carbonyl (C=O) groups excluding carboxylic acids is 2. The van der Waals surface area contributed by atoms with Crippen LogP contribution in [0.2, 0.25) is 5.02 Å². The molecular weight excluding hydrogens is 400 g/mol. The molecule has 1 N–H and O–H groups in total. The summed E-state index contributed by atoms with van der Waals surface area (Å²) >= 11 is 5.87. The minimum absolute atomic E-state index is 0.0204. The summed E-state index contributed by atoms with van der Waals surface area (Å²) in [4.78, 5) is 25.9. The van der Waals surface area contributed by atoms with E-state index in [2.05, 4.69) is 5.32 Å². The second kappa shape index (κ2) is 8.32. The van der Waals surface area contributed by atoms with E-state index in [-0.39, 0.29) is 23.0 Å². The monoisotopic (exact) mass is 420 g/mol. The van der Waals surface area contributed by atoms with Crippen LogP contribution in [0.15, 0.2) is 47.4 Å². The third kappa shape index (κ3) is 4.54. The Morgan fingerprint density at radius 2 is 1.96 bits per heavy atom. The average molecular weight is 421 g/mol. The molecule has 1 heterocycles. The molecule has 0 radical (unpaired) electrons. The molecule has 0 bridgehead atoms. The second-order valence-electron chi connectivity index (χ2n) is 6.57. The van der Waals surface area contributed by atoms with Gasteiger partial charge in [-0.1, -0.05) is 24.6 Å². The molecule has 0 aromatic heterocycles. The fourth-order valence-electron chi connectivity index (χ4n) is 3.16. The number of rotatable bonds is 6. The molecule has 8 heteroatoms. The van der Waals surface area contributed by atoms with E-state index in [1.165, 1.54) is 6.07 Å². The quantitative estimate of drug-likeness (QED) is 0.775. The Balaban J connectivity index is 1.67. The molecule has 0 spiro atoms. The van der Waals surface area contributed by atoms with Gasteiger partial charge in [0.05, 0.1) is 10.6 Å². The highest BCUT2D eigenvalue weighted by Crippen LogP contribution is 2.31. The van der Waals surface area contributed by atoms with Crippen molar-refractivity contribution in [1.29, 1.82) is 0 Å². The maximum absolute atomic E-state index is 12.6. The van der Waals surface area contributed by atoms with E-state index in [1.54, 1.807) is 48.2 Å². The Kier molecular flexibility index (Phi) is 6.05. The molecule has 1 aliphatic heterocycles. The van der Waals surface area contributed by atoms with Gasteiger partial charge in [0.25, 0.3) is 0 Å². The number of hydrogen-bond donors (Lipinski definition) is 1. The largest absolute Gasteiger partial charge is 0.326 e. The van der Waals surface area contributed by atoms with Crippen molar-refractivity contribution in [3.8, 4) is 0 Å². The van der Waals surface area contributed by atoms with Crippen molar-refractivity contribution in [3.05, 3.63) is 53.1 Å². The van der Waals surface area contributed by atoms with E-state index in [0.717, 1.165) is 11.3 Å². The van der Waals surface area contributed by atoms with Crippen LogP contribution in [0, 0.1) is 0 Å². The summed E-state index contributed by atoms with van der Waals surface area (Å²) in [7, 11) is -3.61. The van der Waals surface area contributed by atoms with Gasteiger partial charge in [-0.3, -0.25) is 9.59 Å². The van der Waals surface area contributed by atoms with Gasteiger partial charge in [-0.25, -0.2) is 8.42 Å². The second-order valence-corrected chi connectivity index (χ2v) is 9.11. The Morgan fingerprint density at radius 1 is 1.18 bits per heavy atom. The van der Waals surface area contributed by atoms with Crippen LogP contribution >= 0.6 is 11.6 Å². The SMILES string of the molecule is CCC(=O)N1CCc2cc(S(=O)(=O)CCC(=O)Nc3cccc(Cl)c3)ccc21. The molecule has 0 aliphatic carbocycles. The third-order valence-electron chi connectivity index (χ3n) is 4.62. The first-order valence-electron chi connectivity index (χ1n) is 9.01. The van der Waals surface area contributed by atoms with Crippen molar-refractivity contribution >= 4 is 44.6 Å². The summed E-state index contributed by atoms with van der Waals surface area (Å²) in [6, 6.07) is 11.5. The molecule has 0 saturated heterocycles. The van der Waals surface area contributed by atoms with Gasteiger partial charge in [0.15, 0.2) is 9.84 Å². The first-order chi connectivity index (χ1) is 13.3. The fraction of sp³-hybridized carbons (Fsp3) is 0.300. The molecule has 6 nitrogen and oxygen atoms in total. The maximum Gasteiger partial charge on any atom is 0.226 e. The van der Waals surface area contributed by atoms with Crippen LogP contribution in [-0.2, 0) is 25.8 Å². The van der Waals surface area contributed by atoms with Gasteiger partial charge in [-0.05, 0) is 48.4 Å². The molecule has 2 amide bonds. The summed E-state index contributed by atoms with van der Waals surface area (Å²) in [6.07, 6.45) is 0.868. The zero-order chi connectivity index (χ0) is 20.3. The van der Waals surface area contributed by atoms with E-state index in [4.69, 9.17) is 11.6 Å². The van der Waals surface area contributed by atoms with Crippen molar-refractivity contribution in [3.63, 3.8) is 0 Å². The van der Waals surface area contributed by atoms with Crippen molar-refractivity contribution in [2.24, 2.45) is 0 Å². The van der Waals surface area contributed by atoms with Crippen molar-refractivity contribution in [1.82, 2.24) is 0 Å². The Bertz CT molecular complexity index is 1020. The van der Waals surface area contributed by atoms with Crippen molar-refractivity contribution < 1.29 is 18.0 Å². The van der Waals surface area contributed by atoms with Gasteiger partial charge < -0.3 is 10.2 Å². The van der Waals surface area contributed by atoms with Gasteiger partial charge in [0.1, 0.15) is 0 Å². The van der Waals surface area contributed by atoms with Gasteiger partial charge in [-0.2, -0.15) is 0 Å². The first-order valence-corrected chi connectivity index (χ1v) is 11.0. The zero-order valence-corrected chi connectivity index (χ0v) is 17.0. The lowest BCUT2D eigenvalue weighted by Crippen LogP contribution is -2.27. The number of nitrogens with zero attached hydrogens (tertiary/aromatic N) is 1. The summed E-state index contributed by atoms with van der Waals surface area (Å²) < 4.78 is 25.3. The Labute approximate surface area is 169 Å². The molecule has 0 atom stereocenters. The lowest BCUT2D eigenvalue weighted by molar-refractivity contribution is -0.118. The summed E-state index contributed by atoms with van der Waals surface area (Å²) in [5.41, 5.74) is 2.13. The smallest absolute Gasteiger partial charge is 0.226 e. The molecule has 2 aromatic carbocycles. The summed E-state index contributed by atoms with van der Waals surface area (Å²) in [5, 5.41) is 3.13. The summed E-state index contributed by atoms with van der Waals surface area (Å²) in [5.74, 6) is -0.672. The van der Waals surface area contributed by atoms with Crippen LogP contribution < -0.4 is 10.2 Å². The van der Waals surface area contributed by atoms with E-state index in [1.807, 2.05) is 0 Å². The highest BCUT2D eigenvalue weighted by molar-refractivity contribution is 7.91. The number of carbonyl (C=O) groups is 2. The minimum Gasteiger partial charge on any atom is -0.326 e. The van der Waals surface area contributed by atoms with E-state index in [9.17, 15) is 18.0 Å². The van der Waals surface area contributed by atoms with E-state index >= 15 is 0 Å². The first kappa shape index (κ1) is 20.4. The number of amides is 2. The lowest BCUT2D eigenvalue weighted by atomic mass is 10.2. The molecule has 0 saturated carbocycles. The predicted octanol–water partition coefficient (Wildman–Crippen LogP) is 3.44. The van der Waals surface area contributed by atoms with Crippen LogP contribution in [0.3, 0.4) is 0 Å². The molecule has 3 rings (SSSR count). The molecular formula is C20H21ClN2O4S. The van der Waals surface area contributed by atoms with E-state index in [0.29, 0.717) is 30.1 Å². The highest BCUT2D eigenvalue weighted by atomic mass is 35.5. The number of sulfone groups is 1. The van der Waals surface area contributed by atoms with Crippen LogP contribution in [0.1, 0.15) is 25.3 Å². The van der Waals surface area contributed by atoms with Crippen LogP contribution in [0.4, 0.5) is 11.4 Å². The number of hydrogen-bond acceptors (Lipinski definition) is 4. The molecule has 0 unspecified atom stereocenters.